The van der Waals surface area contributed by atoms with Crippen LogP contribution in [0.2, 0.25) is 0 Å². The number of anilines is 1. The number of hydrogen-bond acceptors (Lipinski definition) is 6. The third-order valence-corrected chi connectivity index (χ3v) is 4.93. The Morgan fingerprint density at radius 2 is 2.00 bits per heavy atom. The van der Waals surface area contributed by atoms with E-state index in [4.69, 9.17) is 9.47 Å². The molecule has 7 heteroatoms. The molecule has 0 bridgehead atoms. The summed E-state index contributed by atoms with van der Waals surface area (Å²) in [5.74, 6) is 0.679. The van der Waals surface area contributed by atoms with Gasteiger partial charge in [-0.1, -0.05) is 18.2 Å². The van der Waals surface area contributed by atoms with Gasteiger partial charge in [-0.15, -0.1) is 0 Å². The lowest BCUT2D eigenvalue weighted by atomic mass is 9.94. The summed E-state index contributed by atoms with van der Waals surface area (Å²) in [6, 6.07) is 12.4. The molecular formula is C22H23N3O4. The quantitative estimate of drug-likeness (QED) is 0.638. The molecule has 0 spiro atoms. The van der Waals surface area contributed by atoms with E-state index in [1.165, 1.54) is 0 Å². The second-order valence-electron chi connectivity index (χ2n) is 6.74. The third kappa shape index (κ3) is 3.18. The monoisotopic (exact) mass is 393 g/mol. The van der Waals surface area contributed by atoms with E-state index in [-0.39, 0.29) is 12.4 Å². The van der Waals surface area contributed by atoms with Gasteiger partial charge in [-0.25, -0.2) is 9.78 Å². The Morgan fingerprint density at radius 1 is 1.21 bits per heavy atom. The molecule has 1 aliphatic heterocycles. The average molecular weight is 393 g/mol. The van der Waals surface area contributed by atoms with Crippen molar-refractivity contribution in [3.8, 4) is 11.5 Å². The molecule has 0 amide bonds. The van der Waals surface area contributed by atoms with Crippen LogP contribution in [0.25, 0.3) is 11.0 Å². The number of esters is 1. The first-order valence-electron chi connectivity index (χ1n) is 9.62. The number of carbonyl (C=O) groups is 1. The normalized spacial score (nSPS) is 15.8. The molecule has 2 aromatic carbocycles. The zero-order valence-electron chi connectivity index (χ0n) is 16.6. The third-order valence-electron chi connectivity index (χ3n) is 4.93. The van der Waals surface area contributed by atoms with E-state index in [1.807, 2.05) is 42.7 Å². The van der Waals surface area contributed by atoms with Crippen LogP contribution in [0, 0.1) is 0 Å². The highest BCUT2D eigenvalue weighted by atomic mass is 16.5. The number of benzene rings is 2. The summed E-state index contributed by atoms with van der Waals surface area (Å²) in [5, 5.41) is 13.4. The highest BCUT2D eigenvalue weighted by molar-refractivity contribution is 5.94. The maximum Gasteiger partial charge on any atom is 0.338 e. The summed E-state index contributed by atoms with van der Waals surface area (Å²) >= 11 is 0. The first kappa shape index (κ1) is 18.9. The van der Waals surface area contributed by atoms with E-state index in [0.29, 0.717) is 29.6 Å². The number of rotatable bonds is 5. The van der Waals surface area contributed by atoms with E-state index < -0.39 is 12.0 Å². The summed E-state index contributed by atoms with van der Waals surface area (Å²) in [6.07, 6.45) is 0. The van der Waals surface area contributed by atoms with Gasteiger partial charge in [0, 0.05) is 5.70 Å². The lowest BCUT2D eigenvalue weighted by Crippen LogP contribution is -2.29. The van der Waals surface area contributed by atoms with Gasteiger partial charge < -0.3 is 19.9 Å². The van der Waals surface area contributed by atoms with Gasteiger partial charge in [-0.3, -0.25) is 4.57 Å². The number of ether oxygens (including phenoxy) is 2. The molecule has 0 radical (unpaired) electrons. The number of nitrogens with zero attached hydrogens (tertiary/aromatic N) is 2. The van der Waals surface area contributed by atoms with Crippen molar-refractivity contribution < 1.29 is 19.4 Å². The fraction of sp³-hybridized carbons (Fsp3) is 0.273. The first-order chi connectivity index (χ1) is 14.0. The van der Waals surface area contributed by atoms with Crippen LogP contribution in [-0.2, 0) is 9.53 Å². The van der Waals surface area contributed by atoms with Gasteiger partial charge >= 0.3 is 5.97 Å². The number of nitrogens with one attached hydrogen (secondary N) is 1. The number of hydrogen-bond donors (Lipinski definition) is 2. The predicted octanol–water partition coefficient (Wildman–Crippen LogP) is 3.99. The average Bonchev–Trinajstić information content (AvgIpc) is 3.06. The topological polar surface area (TPSA) is 85.6 Å². The van der Waals surface area contributed by atoms with Crippen molar-refractivity contribution in [2.24, 2.45) is 0 Å². The smallest absolute Gasteiger partial charge is 0.338 e. The molecule has 0 aliphatic carbocycles. The lowest BCUT2D eigenvalue weighted by Gasteiger charge is -2.30. The molecule has 4 rings (SSSR count). The predicted molar refractivity (Wildman–Crippen MR) is 110 cm³/mol. The molecule has 2 N–H and O–H groups in total. The van der Waals surface area contributed by atoms with Crippen LogP contribution < -0.4 is 10.1 Å². The van der Waals surface area contributed by atoms with Gasteiger partial charge in [-0.05, 0) is 50.6 Å². The Morgan fingerprint density at radius 3 is 2.76 bits per heavy atom. The number of para-hydroxylation sites is 2. The van der Waals surface area contributed by atoms with Gasteiger partial charge in [0.05, 0.1) is 35.9 Å². The maximum atomic E-state index is 12.9. The molecule has 0 fully saturated rings. The zero-order chi connectivity index (χ0) is 20.5. The van der Waals surface area contributed by atoms with Crippen molar-refractivity contribution >= 4 is 23.0 Å². The van der Waals surface area contributed by atoms with Crippen molar-refractivity contribution in [3.05, 3.63) is 59.3 Å². The standard InChI is InChI=1S/C22H23N3O4/c1-4-28-18-12-14(10-11-17(18)26)20-19(21(27)29-5-2)13(3)23-22-24-15-8-6-7-9-16(15)25(20)22/h6-12,20,26H,4-5H2,1-3H3,(H,23,24)/t20-/m1/s1. The zero-order valence-corrected chi connectivity index (χ0v) is 16.6. The summed E-state index contributed by atoms with van der Waals surface area (Å²) in [4.78, 5) is 17.6. The summed E-state index contributed by atoms with van der Waals surface area (Å²) in [5.41, 5.74) is 3.68. The van der Waals surface area contributed by atoms with E-state index in [0.717, 1.165) is 16.6 Å². The van der Waals surface area contributed by atoms with E-state index in [1.54, 1.807) is 25.1 Å². The summed E-state index contributed by atoms with van der Waals surface area (Å²) in [7, 11) is 0. The highest BCUT2D eigenvalue weighted by Gasteiger charge is 2.35. The Hall–Kier alpha value is -3.48. The minimum absolute atomic E-state index is 0.0543. The number of carbonyl (C=O) groups excluding carboxylic acids is 1. The lowest BCUT2D eigenvalue weighted by molar-refractivity contribution is -0.139. The molecule has 1 aromatic heterocycles. The summed E-state index contributed by atoms with van der Waals surface area (Å²) in [6.45, 7) is 6.17. The van der Waals surface area contributed by atoms with Crippen molar-refractivity contribution in [1.82, 2.24) is 9.55 Å². The van der Waals surface area contributed by atoms with E-state index >= 15 is 0 Å². The number of phenolic OH excluding ortho intramolecular Hbond substituents is 1. The Kier molecular flexibility index (Phi) is 4.88. The van der Waals surface area contributed by atoms with E-state index in [9.17, 15) is 9.90 Å². The van der Waals surface area contributed by atoms with Gasteiger partial charge in [0.15, 0.2) is 11.5 Å². The van der Waals surface area contributed by atoms with Crippen molar-refractivity contribution in [2.45, 2.75) is 26.8 Å². The molecule has 0 unspecified atom stereocenters. The number of imidazole rings is 1. The molecule has 150 valence electrons. The van der Waals surface area contributed by atoms with Crippen LogP contribution in [0.3, 0.4) is 0 Å². The van der Waals surface area contributed by atoms with Crippen LogP contribution in [0.1, 0.15) is 32.4 Å². The first-order valence-corrected chi connectivity index (χ1v) is 9.62. The van der Waals surface area contributed by atoms with Gasteiger partial charge in [0.2, 0.25) is 5.95 Å². The molecule has 29 heavy (non-hydrogen) atoms. The van der Waals surface area contributed by atoms with Crippen LogP contribution in [0.15, 0.2) is 53.7 Å². The number of aromatic nitrogens is 2. The fourth-order valence-electron chi connectivity index (χ4n) is 3.72. The molecule has 0 saturated heterocycles. The van der Waals surface area contributed by atoms with Gasteiger partial charge in [0.1, 0.15) is 0 Å². The van der Waals surface area contributed by atoms with Gasteiger partial charge in [0.25, 0.3) is 0 Å². The molecular weight excluding hydrogens is 370 g/mol. The Balaban J connectivity index is 1.96. The van der Waals surface area contributed by atoms with Crippen LogP contribution in [0.4, 0.5) is 5.95 Å². The number of phenols is 1. The largest absolute Gasteiger partial charge is 0.504 e. The number of allylic oxidation sites excluding steroid dienone is 1. The number of fused-ring (bicyclic) bond motifs is 3. The molecule has 1 atom stereocenters. The van der Waals surface area contributed by atoms with Crippen molar-refractivity contribution in [3.63, 3.8) is 0 Å². The fourth-order valence-corrected chi connectivity index (χ4v) is 3.72. The maximum absolute atomic E-state index is 12.9. The second kappa shape index (κ2) is 7.50. The van der Waals surface area contributed by atoms with Gasteiger partial charge in [-0.2, -0.15) is 0 Å². The minimum atomic E-state index is -0.475. The molecule has 0 saturated carbocycles. The number of aromatic hydroxyl groups is 1. The molecule has 2 heterocycles. The van der Waals surface area contributed by atoms with Crippen molar-refractivity contribution in [1.29, 1.82) is 0 Å². The second-order valence-corrected chi connectivity index (χ2v) is 6.74. The molecule has 7 nitrogen and oxygen atoms in total. The summed E-state index contributed by atoms with van der Waals surface area (Å²) < 4.78 is 12.9. The van der Waals surface area contributed by atoms with Crippen LogP contribution >= 0.6 is 0 Å². The van der Waals surface area contributed by atoms with Crippen LogP contribution in [0.5, 0.6) is 11.5 Å². The van der Waals surface area contributed by atoms with Crippen LogP contribution in [-0.4, -0.2) is 33.8 Å². The molecule has 3 aromatic rings. The Labute approximate surface area is 168 Å². The minimum Gasteiger partial charge on any atom is -0.504 e. The molecule has 1 aliphatic rings. The SMILES string of the molecule is CCOC(=O)C1=C(C)Nc2nc3ccccc3n2[C@@H]1c1ccc(O)c(OCC)c1. The Bertz CT molecular complexity index is 1120. The van der Waals surface area contributed by atoms with Crippen molar-refractivity contribution in [2.75, 3.05) is 18.5 Å². The highest BCUT2D eigenvalue weighted by Crippen LogP contribution is 2.41. The van der Waals surface area contributed by atoms with E-state index in [2.05, 4.69) is 10.3 Å².